The molecule has 0 saturated heterocycles. The van der Waals surface area contributed by atoms with E-state index in [2.05, 4.69) is 11.6 Å². The summed E-state index contributed by atoms with van der Waals surface area (Å²) in [5.74, 6) is 0.398. The van der Waals surface area contributed by atoms with Gasteiger partial charge in [0.25, 0.3) is 0 Å². The van der Waals surface area contributed by atoms with Crippen LogP contribution >= 0.6 is 11.6 Å². The maximum atomic E-state index is 8.65. The van der Waals surface area contributed by atoms with Crippen LogP contribution in [-0.2, 0) is 4.79 Å². The maximum absolute atomic E-state index is 8.65. The number of benzene rings is 1. The van der Waals surface area contributed by atoms with Crippen LogP contribution in [0.1, 0.15) is 0 Å². The molecular formula is C7H7ClO3. The first-order valence-electron chi connectivity index (χ1n) is 2.72. The first-order valence-corrected chi connectivity index (χ1v) is 3.16. The average Bonchev–Trinajstić information content (AvgIpc) is 1.88. The molecule has 11 heavy (non-hydrogen) atoms. The molecule has 4 heteroatoms. The van der Waals surface area contributed by atoms with Crippen molar-refractivity contribution in [1.29, 1.82) is 0 Å². The van der Waals surface area contributed by atoms with Crippen molar-refractivity contribution in [2.75, 3.05) is 0 Å². The molecule has 60 valence electrons. The fraction of sp³-hybridized carbons (Fsp3) is 0. The highest BCUT2D eigenvalue weighted by molar-refractivity contribution is 6.54. The highest BCUT2D eigenvalue weighted by atomic mass is 35.5. The zero-order valence-corrected chi connectivity index (χ0v) is 6.32. The van der Waals surface area contributed by atoms with Crippen LogP contribution in [0.15, 0.2) is 24.3 Å². The van der Waals surface area contributed by atoms with Gasteiger partial charge in [0, 0.05) is 6.07 Å². The normalized spacial score (nSPS) is 7.73. The van der Waals surface area contributed by atoms with E-state index in [9.17, 15) is 0 Å². The van der Waals surface area contributed by atoms with Crippen LogP contribution in [0.4, 0.5) is 0 Å². The molecule has 0 spiro atoms. The van der Waals surface area contributed by atoms with Crippen molar-refractivity contribution in [1.82, 2.24) is 0 Å². The molecule has 0 heterocycles. The van der Waals surface area contributed by atoms with Gasteiger partial charge in [0.15, 0.2) is 0 Å². The highest BCUT2D eigenvalue weighted by Gasteiger charge is 1.85. The van der Waals surface area contributed by atoms with E-state index in [1.807, 2.05) is 0 Å². The summed E-state index contributed by atoms with van der Waals surface area (Å²) in [5, 5.41) is 17.3. The van der Waals surface area contributed by atoms with E-state index in [-0.39, 0.29) is 17.2 Å². The summed E-state index contributed by atoms with van der Waals surface area (Å²) in [5.41, 5.74) is 0. The lowest BCUT2D eigenvalue weighted by Crippen LogP contribution is -1.61. The lowest BCUT2D eigenvalue weighted by molar-refractivity contribution is 0.450. The minimum Gasteiger partial charge on any atom is -0.508 e. The number of phenolic OH excluding ortho intramolecular Hbond substituents is 2. The highest BCUT2D eigenvalue weighted by Crippen LogP contribution is 2.14. The van der Waals surface area contributed by atoms with Gasteiger partial charge in [-0.05, 0) is 23.7 Å². The fourth-order valence-corrected chi connectivity index (χ4v) is 0.493. The summed E-state index contributed by atoms with van der Waals surface area (Å²) in [6, 6.07) is 5.85. The Kier molecular flexibility index (Phi) is 4.94. The molecule has 1 aromatic rings. The van der Waals surface area contributed by atoms with Crippen molar-refractivity contribution in [2.45, 2.75) is 0 Å². The molecule has 0 fully saturated rings. The monoisotopic (exact) mass is 174 g/mol. The van der Waals surface area contributed by atoms with Gasteiger partial charge < -0.3 is 10.2 Å². The van der Waals surface area contributed by atoms with Gasteiger partial charge in [-0.2, -0.15) is 0 Å². The van der Waals surface area contributed by atoms with Crippen molar-refractivity contribution in [2.24, 2.45) is 0 Å². The second-order valence-corrected chi connectivity index (χ2v) is 1.79. The first kappa shape index (κ1) is 9.78. The zero-order chi connectivity index (χ0) is 8.69. The van der Waals surface area contributed by atoms with Crippen molar-refractivity contribution in [3.05, 3.63) is 24.3 Å². The number of halogens is 1. The molecule has 0 bridgehead atoms. The predicted octanol–water partition coefficient (Wildman–Crippen LogP) is 1.51. The van der Waals surface area contributed by atoms with Crippen LogP contribution in [0.3, 0.4) is 0 Å². The summed E-state index contributed by atoms with van der Waals surface area (Å²) in [6.07, 6.45) is 0. The first-order chi connectivity index (χ1) is 5.20. The maximum Gasteiger partial charge on any atom is 0.208 e. The Hall–Kier alpha value is -1.22. The summed E-state index contributed by atoms with van der Waals surface area (Å²) >= 11 is 4.32. The van der Waals surface area contributed by atoms with Gasteiger partial charge in [-0.1, -0.05) is 6.07 Å². The van der Waals surface area contributed by atoms with E-state index in [4.69, 9.17) is 15.0 Å². The van der Waals surface area contributed by atoms with Gasteiger partial charge >= 0.3 is 0 Å². The van der Waals surface area contributed by atoms with E-state index >= 15 is 0 Å². The number of aromatic hydroxyl groups is 2. The summed E-state index contributed by atoms with van der Waals surface area (Å²) in [4.78, 5) is 8.57. The summed E-state index contributed by atoms with van der Waals surface area (Å²) in [6.45, 7) is 0. The number of carbonyl (C=O) groups excluding carboxylic acids is 1. The molecule has 0 aliphatic heterocycles. The summed E-state index contributed by atoms with van der Waals surface area (Å²) < 4.78 is 0. The largest absolute Gasteiger partial charge is 0.508 e. The number of hydrogen-bond acceptors (Lipinski definition) is 3. The molecule has 0 saturated carbocycles. The van der Waals surface area contributed by atoms with E-state index in [1.54, 1.807) is 6.07 Å². The quantitative estimate of drug-likeness (QED) is 0.463. The Morgan fingerprint density at radius 3 is 1.82 bits per heavy atom. The van der Waals surface area contributed by atoms with Gasteiger partial charge in [0.1, 0.15) is 11.5 Å². The van der Waals surface area contributed by atoms with Gasteiger partial charge in [0.2, 0.25) is 5.75 Å². The standard InChI is InChI=1S/C6H6O2.CHClO/c7-5-2-1-3-6(8)4-5;2-1-3/h1-4,7-8H;1H. The molecule has 1 rings (SSSR count). The van der Waals surface area contributed by atoms with E-state index in [0.29, 0.717) is 0 Å². The molecule has 0 atom stereocenters. The van der Waals surface area contributed by atoms with Crippen LogP contribution in [-0.4, -0.2) is 16.0 Å². The Morgan fingerprint density at radius 1 is 1.27 bits per heavy atom. The third-order valence-corrected chi connectivity index (χ3v) is 0.830. The number of carbonyl (C=O) groups is 1. The predicted molar refractivity (Wildman–Crippen MR) is 42.4 cm³/mol. The van der Waals surface area contributed by atoms with Crippen LogP contribution in [0.25, 0.3) is 0 Å². The minimum absolute atomic E-state index is 0.0880. The molecule has 3 nitrogen and oxygen atoms in total. The number of phenols is 2. The molecule has 0 unspecified atom stereocenters. The Balaban J connectivity index is 0.000000292. The van der Waals surface area contributed by atoms with Gasteiger partial charge in [-0.15, -0.1) is 0 Å². The molecule has 0 aliphatic rings. The van der Waals surface area contributed by atoms with Crippen molar-refractivity contribution in [3.63, 3.8) is 0 Å². The molecular weight excluding hydrogens is 168 g/mol. The number of rotatable bonds is 0. The van der Waals surface area contributed by atoms with E-state index in [0.717, 1.165) is 0 Å². The van der Waals surface area contributed by atoms with Gasteiger partial charge in [-0.25, -0.2) is 0 Å². The van der Waals surface area contributed by atoms with Crippen molar-refractivity contribution >= 4 is 17.3 Å². The van der Waals surface area contributed by atoms with Crippen LogP contribution in [0, 0.1) is 0 Å². The minimum atomic E-state index is 0.0880. The van der Waals surface area contributed by atoms with Crippen molar-refractivity contribution < 1.29 is 15.0 Å². The Morgan fingerprint density at radius 2 is 1.64 bits per heavy atom. The second-order valence-electron chi connectivity index (χ2n) is 1.61. The van der Waals surface area contributed by atoms with Crippen LogP contribution < -0.4 is 0 Å². The van der Waals surface area contributed by atoms with Gasteiger partial charge in [-0.3, -0.25) is 4.79 Å². The molecule has 0 amide bonds. The Bertz CT molecular complexity index is 207. The Labute approximate surface area is 68.9 Å². The molecule has 1 aromatic carbocycles. The summed E-state index contributed by atoms with van der Waals surface area (Å²) in [7, 11) is 0. The molecule has 2 N–H and O–H groups in total. The fourth-order valence-electron chi connectivity index (χ4n) is 0.493. The molecule has 0 radical (unpaired) electrons. The van der Waals surface area contributed by atoms with Crippen LogP contribution in [0.5, 0.6) is 11.5 Å². The molecule has 0 aromatic heterocycles. The zero-order valence-electron chi connectivity index (χ0n) is 5.57. The van der Waals surface area contributed by atoms with Crippen LogP contribution in [0.2, 0.25) is 0 Å². The van der Waals surface area contributed by atoms with Crippen molar-refractivity contribution in [3.8, 4) is 11.5 Å². The van der Waals surface area contributed by atoms with E-state index < -0.39 is 0 Å². The second kappa shape index (κ2) is 5.56. The van der Waals surface area contributed by atoms with E-state index in [1.165, 1.54) is 18.2 Å². The number of hydrogen-bond donors (Lipinski definition) is 2. The SMILES string of the molecule is O=CCl.Oc1cccc(O)c1. The third-order valence-electron chi connectivity index (χ3n) is 0.830. The lowest BCUT2D eigenvalue weighted by atomic mass is 10.3. The third kappa shape index (κ3) is 5.24. The smallest absolute Gasteiger partial charge is 0.208 e. The lowest BCUT2D eigenvalue weighted by Gasteiger charge is -1.89. The van der Waals surface area contributed by atoms with Gasteiger partial charge in [0.05, 0.1) is 0 Å². The molecule has 0 aliphatic carbocycles. The topological polar surface area (TPSA) is 57.5 Å². The average molecular weight is 175 g/mol.